The molecule has 0 heterocycles. The van der Waals surface area contributed by atoms with E-state index in [2.05, 4.69) is 6.92 Å². The first-order valence-corrected chi connectivity index (χ1v) is 4.67. The summed E-state index contributed by atoms with van der Waals surface area (Å²) in [7, 11) is 0. The summed E-state index contributed by atoms with van der Waals surface area (Å²) >= 11 is 0. The lowest BCUT2D eigenvalue weighted by atomic mass is 10.1. The predicted octanol–water partition coefficient (Wildman–Crippen LogP) is 0.671. The van der Waals surface area contributed by atoms with Crippen LogP contribution < -0.4 is 0 Å². The van der Waals surface area contributed by atoms with E-state index in [0.29, 0.717) is 6.42 Å². The average molecular weight is 176 g/mol. The Morgan fingerprint density at radius 2 is 1.75 bits per heavy atom. The molecule has 0 saturated carbocycles. The van der Waals surface area contributed by atoms with Crippen LogP contribution in [0.3, 0.4) is 0 Å². The molecule has 0 aromatic heterocycles. The Kier molecular flexibility index (Phi) is 7.45. The highest BCUT2D eigenvalue weighted by Crippen LogP contribution is 2.07. The lowest BCUT2D eigenvalue weighted by Gasteiger charge is -2.12. The third-order valence-electron chi connectivity index (χ3n) is 1.90. The Balaban J connectivity index is 3.26. The molecule has 0 saturated heterocycles. The molecule has 3 N–H and O–H groups in total. The Hall–Kier alpha value is -0.120. The van der Waals surface area contributed by atoms with Crippen LogP contribution in [0.1, 0.15) is 39.0 Å². The maximum atomic E-state index is 9.31. The fraction of sp³-hybridized carbons (Fsp3) is 1.00. The molecule has 0 aliphatic heterocycles. The third kappa shape index (κ3) is 6.58. The summed E-state index contributed by atoms with van der Waals surface area (Å²) in [6, 6.07) is 0. The van der Waals surface area contributed by atoms with Gasteiger partial charge in [-0.05, 0) is 6.42 Å². The maximum Gasteiger partial charge on any atom is 0.0795 e. The minimum Gasteiger partial charge on any atom is -0.394 e. The second-order valence-electron chi connectivity index (χ2n) is 3.22. The zero-order valence-electron chi connectivity index (χ0n) is 7.74. The molecule has 0 bridgehead atoms. The molecule has 0 rings (SSSR count). The van der Waals surface area contributed by atoms with Crippen LogP contribution >= 0.6 is 0 Å². The largest absolute Gasteiger partial charge is 0.394 e. The summed E-state index contributed by atoms with van der Waals surface area (Å²) in [6.45, 7) is 1.85. The van der Waals surface area contributed by atoms with Crippen LogP contribution in [0.5, 0.6) is 0 Å². The molecule has 0 aromatic carbocycles. The molecule has 0 spiro atoms. The number of rotatable bonds is 7. The molecule has 2 unspecified atom stereocenters. The van der Waals surface area contributed by atoms with E-state index in [1.54, 1.807) is 0 Å². The Morgan fingerprint density at radius 3 is 2.25 bits per heavy atom. The molecule has 0 fully saturated rings. The number of hydrogen-bond acceptors (Lipinski definition) is 3. The van der Waals surface area contributed by atoms with Gasteiger partial charge >= 0.3 is 0 Å². The van der Waals surface area contributed by atoms with Gasteiger partial charge in [0.1, 0.15) is 0 Å². The van der Waals surface area contributed by atoms with Crippen molar-refractivity contribution in [3.05, 3.63) is 0 Å². The SMILES string of the molecule is CCCCCC(O)CC(O)CO. The minimum absolute atomic E-state index is 0.259. The van der Waals surface area contributed by atoms with Crippen molar-refractivity contribution in [2.75, 3.05) is 6.61 Å². The van der Waals surface area contributed by atoms with Gasteiger partial charge in [-0.1, -0.05) is 26.2 Å². The molecule has 0 amide bonds. The van der Waals surface area contributed by atoms with Crippen molar-refractivity contribution < 1.29 is 15.3 Å². The minimum atomic E-state index is -0.762. The Bertz CT molecular complexity index is 95.8. The number of aliphatic hydroxyl groups is 3. The van der Waals surface area contributed by atoms with Gasteiger partial charge < -0.3 is 15.3 Å². The van der Waals surface area contributed by atoms with Crippen LogP contribution in [0.2, 0.25) is 0 Å². The Labute approximate surface area is 74.0 Å². The standard InChI is InChI=1S/C9H20O3/c1-2-3-4-5-8(11)6-9(12)7-10/h8-12H,2-7H2,1H3. The van der Waals surface area contributed by atoms with Crippen LogP contribution in [0, 0.1) is 0 Å². The highest BCUT2D eigenvalue weighted by atomic mass is 16.3. The molecule has 0 aliphatic carbocycles. The van der Waals surface area contributed by atoms with Crippen molar-refractivity contribution in [1.29, 1.82) is 0 Å². The van der Waals surface area contributed by atoms with Crippen LogP contribution in [0.25, 0.3) is 0 Å². The van der Waals surface area contributed by atoms with Gasteiger partial charge in [-0.3, -0.25) is 0 Å². The van der Waals surface area contributed by atoms with Gasteiger partial charge in [-0.15, -0.1) is 0 Å². The molecule has 0 aromatic rings. The van der Waals surface area contributed by atoms with Crippen molar-refractivity contribution in [2.45, 2.75) is 51.2 Å². The van der Waals surface area contributed by atoms with Gasteiger partial charge in [0.15, 0.2) is 0 Å². The monoisotopic (exact) mass is 176 g/mol. The van der Waals surface area contributed by atoms with E-state index < -0.39 is 12.2 Å². The van der Waals surface area contributed by atoms with Crippen molar-refractivity contribution in [2.24, 2.45) is 0 Å². The third-order valence-corrected chi connectivity index (χ3v) is 1.90. The molecular weight excluding hydrogens is 156 g/mol. The van der Waals surface area contributed by atoms with Crippen LogP contribution in [-0.4, -0.2) is 34.1 Å². The highest BCUT2D eigenvalue weighted by molar-refractivity contribution is 4.62. The normalized spacial score (nSPS) is 16.0. The Morgan fingerprint density at radius 1 is 1.08 bits per heavy atom. The van der Waals surface area contributed by atoms with Crippen LogP contribution in [0.15, 0.2) is 0 Å². The first kappa shape index (κ1) is 11.9. The summed E-state index contributed by atoms with van der Waals surface area (Å²) < 4.78 is 0. The fourth-order valence-corrected chi connectivity index (χ4v) is 1.14. The molecule has 3 nitrogen and oxygen atoms in total. The van der Waals surface area contributed by atoms with Gasteiger partial charge in [-0.25, -0.2) is 0 Å². The summed E-state index contributed by atoms with van der Waals surface area (Å²) in [5.41, 5.74) is 0. The van der Waals surface area contributed by atoms with Crippen molar-refractivity contribution >= 4 is 0 Å². The molecule has 0 radical (unpaired) electrons. The summed E-state index contributed by atoms with van der Waals surface area (Å²) in [6.07, 6.45) is 3.04. The molecular formula is C9H20O3. The van der Waals surface area contributed by atoms with E-state index in [9.17, 15) is 5.11 Å². The smallest absolute Gasteiger partial charge is 0.0795 e. The second kappa shape index (κ2) is 7.53. The number of aliphatic hydroxyl groups excluding tert-OH is 3. The maximum absolute atomic E-state index is 9.31. The van der Waals surface area contributed by atoms with Crippen molar-refractivity contribution in [3.63, 3.8) is 0 Å². The van der Waals surface area contributed by atoms with Gasteiger partial charge in [-0.2, -0.15) is 0 Å². The van der Waals surface area contributed by atoms with Crippen molar-refractivity contribution in [1.82, 2.24) is 0 Å². The van der Waals surface area contributed by atoms with Gasteiger partial charge in [0.25, 0.3) is 0 Å². The van der Waals surface area contributed by atoms with E-state index in [1.807, 2.05) is 0 Å². The zero-order valence-corrected chi connectivity index (χ0v) is 7.74. The average Bonchev–Trinajstić information content (AvgIpc) is 2.05. The lowest BCUT2D eigenvalue weighted by Crippen LogP contribution is -2.20. The topological polar surface area (TPSA) is 60.7 Å². The molecule has 12 heavy (non-hydrogen) atoms. The van der Waals surface area contributed by atoms with E-state index in [1.165, 1.54) is 0 Å². The summed E-state index contributed by atoms with van der Waals surface area (Å²) in [5, 5.41) is 26.8. The first-order chi connectivity index (χ1) is 5.70. The lowest BCUT2D eigenvalue weighted by molar-refractivity contribution is 0.0380. The summed E-state index contributed by atoms with van der Waals surface area (Å²) in [4.78, 5) is 0. The highest BCUT2D eigenvalue weighted by Gasteiger charge is 2.09. The van der Waals surface area contributed by atoms with Gasteiger partial charge in [0, 0.05) is 6.42 Å². The number of unbranched alkanes of at least 4 members (excludes halogenated alkanes) is 2. The van der Waals surface area contributed by atoms with Crippen molar-refractivity contribution in [3.8, 4) is 0 Å². The van der Waals surface area contributed by atoms with Gasteiger partial charge in [0.2, 0.25) is 0 Å². The van der Waals surface area contributed by atoms with Gasteiger partial charge in [0.05, 0.1) is 18.8 Å². The first-order valence-electron chi connectivity index (χ1n) is 4.67. The van der Waals surface area contributed by atoms with E-state index >= 15 is 0 Å². The molecule has 2 atom stereocenters. The van der Waals surface area contributed by atoms with Crippen LogP contribution in [-0.2, 0) is 0 Å². The fourth-order valence-electron chi connectivity index (χ4n) is 1.14. The second-order valence-corrected chi connectivity index (χ2v) is 3.22. The van der Waals surface area contributed by atoms with Crippen LogP contribution in [0.4, 0.5) is 0 Å². The van der Waals surface area contributed by atoms with E-state index in [0.717, 1.165) is 25.7 Å². The van der Waals surface area contributed by atoms with E-state index in [-0.39, 0.29) is 6.61 Å². The summed E-state index contributed by atoms with van der Waals surface area (Å²) in [5.74, 6) is 0. The van der Waals surface area contributed by atoms with E-state index in [4.69, 9.17) is 10.2 Å². The zero-order chi connectivity index (χ0) is 9.40. The predicted molar refractivity (Wildman–Crippen MR) is 47.9 cm³/mol. The molecule has 74 valence electrons. The molecule has 3 heteroatoms. The number of hydrogen-bond donors (Lipinski definition) is 3. The quantitative estimate of drug-likeness (QED) is 0.500. The molecule has 0 aliphatic rings.